The van der Waals surface area contributed by atoms with Crippen molar-refractivity contribution in [2.24, 2.45) is 0 Å². The average molecular weight is 297 g/mol. The van der Waals surface area contributed by atoms with Gasteiger partial charge >= 0.3 is 0 Å². The number of nitrogens with zero attached hydrogens (tertiary/aromatic N) is 1. The zero-order chi connectivity index (χ0) is 13.4. The van der Waals surface area contributed by atoms with Crippen LogP contribution >= 0.6 is 22.9 Å². The van der Waals surface area contributed by atoms with Crippen molar-refractivity contribution in [2.75, 3.05) is 7.05 Å². The predicted octanol–water partition coefficient (Wildman–Crippen LogP) is 4.20. The second-order valence-corrected chi connectivity index (χ2v) is 6.21. The van der Waals surface area contributed by atoms with Crippen LogP contribution in [-0.2, 0) is 6.42 Å². The Kier molecular flexibility index (Phi) is 3.56. The van der Waals surface area contributed by atoms with Gasteiger partial charge in [0, 0.05) is 15.5 Å². The van der Waals surface area contributed by atoms with Crippen LogP contribution < -0.4 is 5.32 Å². The summed E-state index contributed by atoms with van der Waals surface area (Å²) < 4.78 is 13.9. The first-order chi connectivity index (χ1) is 9.19. The highest BCUT2D eigenvalue weighted by Gasteiger charge is 2.24. The molecule has 1 aromatic heterocycles. The number of thiazole rings is 1. The first-order valence-electron chi connectivity index (χ1n) is 6.31. The summed E-state index contributed by atoms with van der Waals surface area (Å²) >= 11 is 7.38. The van der Waals surface area contributed by atoms with Crippen LogP contribution in [0.2, 0.25) is 5.02 Å². The predicted molar refractivity (Wildman–Crippen MR) is 77.3 cm³/mol. The first-order valence-corrected chi connectivity index (χ1v) is 7.51. The molecule has 1 atom stereocenters. The van der Waals surface area contributed by atoms with Crippen molar-refractivity contribution in [1.82, 2.24) is 10.3 Å². The van der Waals surface area contributed by atoms with E-state index in [0.717, 1.165) is 30.0 Å². The summed E-state index contributed by atoms with van der Waals surface area (Å²) in [4.78, 5) is 5.91. The van der Waals surface area contributed by atoms with Crippen molar-refractivity contribution in [1.29, 1.82) is 0 Å². The molecule has 0 saturated carbocycles. The van der Waals surface area contributed by atoms with Gasteiger partial charge in [0.1, 0.15) is 10.8 Å². The highest BCUT2D eigenvalue weighted by Crippen LogP contribution is 2.37. The van der Waals surface area contributed by atoms with Gasteiger partial charge in [0.25, 0.3) is 0 Å². The molecule has 2 aromatic rings. The smallest absolute Gasteiger partial charge is 0.134 e. The van der Waals surface area contributed by atoms with E-state index in [-0.39, 0.29) is 5.82 Å². The van der Waals surface area contributed by atoms with Crippen LogP contribution in [0, 0.1) is 5.82 Å². The molecule has 1 aromatic carbocycles. The molecule has 0 aliphatic heterocycles. The minimum absolute atomic E-state index is 0.295. The van der Waals surface area contributed by atoms with Gasteiger partial charge in [-0.25, -0.2) is 9.37 Å². The van der Waals surface area contributed by atoms with E-state index in [2.05, 4.69) is 10.3 Å². The van der Waals surface area contributed by atoms with E-state index in [9.17, 15) is 4.39 Å². The van der Waals surface area contributed by atoms with Crippen LogP contribution in [0.5, 0.6) is 0 Å². The summed E-state index contributed by atoms with van der Waals surface area (Å²) in [5.41, 5.74) is 1.63. The molecular weight excluding hydrogens is 283 g/mol. The maximum absolute atomic E-state index is 13.9. The molecule has 0 amide bonds. The summed E-state index contributed by atoms with van der Waals surface area (Å²) in [6, 6.07) is 5.04. The lowest BCUT2D eigenvalue weighted by Crippen LogP contribution is -2.21. The number of halogens is 2. The lowest BCUT2D eigenvalue weighted by Gasteiger charge is -2.19. The molecule has 1 aliphatic rings. The molecule has 1 N–H and O–H groups in total. The standard InChI is InChI=1S/C14H14ClFN2S/c1-17-11-3-2-4-12-13(11)18-14(19-12)9-6-5-8(15)7-10(9)16/h5-7,11,17H,2-4H2,1H3. The van der Waals surface area contributed by atoms with Crippen LogP contribution in [0.1, 0.15) is 29.5 Å². The molecule has 2 nitrogen and oxygen atoms in total. The number of benzene rings is 1. The second kappa shape index (κ2) is 5.19. The van der Waals surface area contributed by atoms with Crippen LogP contribution in [0.3, 0.4) is 0 Å². The van der Waals surface area contributed by atoms with Crippen molar-refractivity contribution < 1.29 is 4.39 Å². The molecule has 100 valence electrons. The third-order valence-electron chi connectivity index (χ3n) is 3.46. The number of rotatable bonds is 2. The maximum atomic E-state index is 13.9. The van der Waals surface area contributed by atoms with Crippen LogP contribution in [0.15, 0.2) is 18.2 Å². The second-order valence-electron chi connectivity index (χ2n) is 4.69. The van der Waals surface area contributed by atoms with Crippen LogP contribution in [0.25, 0.3) is 10.6 Å². The summed E-state index contributed by atoms with van der Waals surface area (Å²) in [7, 11) is 1.95. The number of nitrogens with one attached hydrogen (secondary N) is 1. The fraction of sp³-hybridized carbons (Fsp3) is 0.357. The topological polar surface area (TPSA) is 24.9 Å². The van der Waals surface area contributed by atoms with Crippen molar-refractivity contribution in [2.45, 2.75) is 25.3 Å². The Morgan fingerprint density at radius 1 is 1.47 bits per heavy atom. The van der Waals surface area contributed by atoms with E-state index >= 15 is 0 Å². The summed E-state index contributed by atoms with van der Waals surface area (Å²) in [6.07, 6.45) is 3.29. The molecule has 19 heavy (non-hydrogen) atoms. The first kappa shape index (κ1) is 13.0. The molecule has 0 radical (unpaired) electrons. The fourth-order valence-corrected chi connectivity index (χ4v) is 3.83. The van der Waals surface area contributed by atoms with Crippen molar-refractivity contribution in [3.8, 4) is 10.6 Å². The zero-order valence-electron chi connectivity index (χ0n) is 10.5. The number of aromatic nitrogens is 1. The van der Waals surface area contributed by atoms with Gasteiger partial charge in [-0.15, -0.1) is 11.3 Å². The largest absolute Gasteiger partial charge is 0.312 e. The Hall–Kier alpha value is -0.970. The Morgan fingerprint density at radius 3 is 3.05 bits per heavy atom. The van der Waals surface area contributed by atoms with Crippen molar-refractivity contribution in [3.63, 3.8) is 0 Å². The quantitative estimate of drug-likeness (QED) is 0.898. The number of hydrogen-bond donors (Lipinski definition) is 1. The van der Waals surface area contributed by atoms with Gasteiger partial charge in [-0.1, -0.05) is 11.6 Å². The Morgan fingerprint density at radius 2 is 2.32 bits per heavy atom. The summed E-state index contributed by atoms with van der Waals surface area (Å²) in [5, 5.41) is 4.44. The van der Waals surface area contributed by atoms with Gasteiger partial charge in [-0.2, -0.15) is 0 Å². The van der Waals surface area contributed by atoms with E-state index in [1.807, 2.05) is 7.05 Å². The molecular formula is C14H14ClFN2S. The molecule has 5 heteroatoms. The highest BCUT2D eigenvalue weighted by molar-refractivity contribution is 7.15. The van der Waals surface area contributed by atoms with E-state index in [1.165, 1.54) is 10.9 Å². The normalized spacial score (nSPS) is 18.4. The average Bonchev–Trinajstić information content (AvgIpc) is 2.81. The molecule has 0 fully saturated rings. The monoisotopic (exact) mass is 296 g/mol. The van der Waals surface area contributed by atoms with E-state index in [4.69, 9.17) is 11.6 Å². The SMILES string of the molecule is CNC1CCCc2sc(-c3ccc(Cl)cc3F)nc21. The Balaban J connectivity index is 2.05. The molecule has 0 bridgehead atoms. The van der Waals surface area contributed by atoms with Gasteiger partial charge < -0.3 is 5.32 Å². The number of fused-ring (bicyclic) bond motifs is 1. The summed E-state index contributed by atoms with van der Waals surface area (Å²) in [6.45, 7) is 0. The summed E-state index contributed by atoms with van der Waals surface area (Å²) in [5.74, 6) is -0.306. The number of aryl methyl sites for hydroxylation is 1. The third-order valence-corrected chi connectivity index (χ3v) is 4.86. The van der Waals surface area contributed by atoms with E-state index < -0.39 is 0 Å². The van der Waals surface area contributed by atoms with Gasteiger partial charge in [-0.05, 0) is 44.5 Å². The van der Waals surface area contributed by atoms with Crippen LogP contribution in [-0.4, -0.2) is 12.0 Å². The molecule has 1 aliphatic carbocycles. The van der Waals surface area contributed by atoms with E-state index in [1.54, 1.807) is 23.5 Å². The van der Waals surface area contributed by atoms with Crippen molar-refractivity contribution in [3.05, 3.63) is 39.6 Å². The van der Waals surface area contributed by atoms with Gasteiger partial charge in [0.05, 0.1) is 11.7 Å². The zero-order valence-corrected chi connectivity index (χ0v) is 12.1. The van der Waals surface area contributed by atoms with Gasteiger partial charge in [0.15, 0.2) is 0 Å². The van der Waals surface area contributed by atoms with Gasteiger partial charge in [0.2, 0.25) is 0 Å². The number of hydrogen-bond acceptors (Lipinski definition) is 3. The molecule has 0 spiro atoms. The van der Waals surface area contributed by atoms with Crippen LogP contribution in [0.4, 0.5) is 4.39 Å². The molecule has 1 heterocycles. The fourth-order valence-electron chi connectivity index (χ4n) is 2.48. The molecule has 3 rings (SSSR count). The van der Waals surface area contributed by atoms with Crippen molar-refractivity contribution >= 4 is 22.9 Å². The minimum Gasteiger partial charge on any atom is -0.312 e. The lowest BCUT2D eigenvalue weighted by atomic mass is 9.98. The lowest BCUT2D eigenvalue weighted by molar-refractivity contribution is 0.490. The Bertz CT molecular complexity index is 611. The molecule has 0 saturated heterocycles. The third kappa shape index (κ3) is 2.40. The maximum Gasteiger partial charge on any atom is 0.134 e. The highest BCUT2D eigenvalue weighted by atomic mass is 35.5. The minimum atomic E-state index is -0.306. The van der Waals surface area contributed by atoms with E-state index in [0.29, 0.717) is 16.6 Å². The Labute approximate surface area is 120 Å². The molecule has 1 unspecified atom stereocenters. The van der Waals surface area contributed by atoms with Gasteiger partial charge in [-0.3, -0.25) is 0 Å².